The van der Waals surface area contributed by atoms with Crippen molar-refractivity contribution < 1.29 is 4.79 Å². The van der Waals surface area contributed by atoms with E-state index in [1.165, 1.54) is 0 Å². The van der Waals surface area contributed by atoms with Crippen LogP contribution in [0, 0.1) is 0 Å². The Kier molecular flexibility index (Phi) is 3.84. The van der Waals surface area contributed by atoms with E-state index in [1.54, 1.807) is 0 Å². The lowest BCUT2D eigenvalue weighted by atomic mass is 10.0. The van der Waals surface area contributed by atoms with Crippen molar-refractivity contribution in [2.45, 2.75) is 31.8 Å². The number of carbonyl (C=O) groups excluding carboxylic acids is 1. The van der Waals surface area contributed by atoms with Gasteiger partial charge in [-0.05, 0) is 37.5 Å². The molecule has 2 rings (SSSR count). The maximum atomic E-state index is 12.0. The van der Waals surface area contributed by atoms with E-state index in [1.807, 2.05) is 29.2 Å². The Morgan fingerprint density at radius 3 is 2.71 bits per heavy atom. The lowest BCUT2D eigenvalue weighted by Crippen LogP contribution is -2.49. The van der Waals surface area contributed by atoms with Crippen molar-refractivity contribution in [1.29, 1.82) is 0 Å². The number of rotatable bonds is 2. The van der Waals surface area contributed by atoms with Gasteiger partial charge < -0.3 is 10.6 Å². The van der Waals surface area contributed by atoms with Gasteiger partial charge in [-0.1, -0.05) is 28.1 Å². The van der Waals surface area contributed by atoms with Gasteiger partial charge in [0, 0.05) is 11.0 Å². The second kappa shape index (κ2) is 5.19. The molecule has 1 heterocycles. The van der Waals surface area contributed by atoms with E-state index < -0.39 is 0 Å². The summed E-state index contributed by atoms with van der Waals surface area (Å²) < 4.78 is 1.05. The first kappa shape index (κ1) is 12.6. The average Bonchev–Trinajstić information content (AvgIpc) is 2.33. The van der Waals surface area contributed by atoms with Gasteiger partial charge in [-0.3, -0.25) is 4.79 Å². The summed E-state index contributed by atoms with van der Waals surface area (Å²) in [5, 5.41) is 0. The maximum absolute atomic E-state index is 12.0. The molecule has 0 saturated carbocycles. The first-order valence-electron chi connectivity index (χ1n) is 5.91. The smallest absolute Gasteiger partial charge is 0.239 e. The SMILES string of the molecule is CC(c1ccc(Br)cc1)N1CCCC(N)C1=O. The molecule has 1 aromatic carbocycles. The van der Waals surface area contributed by atoms with Crippen LogP contribution in [0.25, 0.3) is 0 Å². The second-order valence-electron chi connectivity index (χ2n) is 4.51. The highest BCUT2D eigenvalue weighted by Gasteiger charge is 2.29. The zero-order valence-corrected chi connectivity index (χ0v) is 11.5. The number of likely N-dealkylation sites (tertiary alicyclic amines) is 1. The first-order chi connectivity index (χ1) is 8.09. The third-order valence-corrected chi connectivity index (χ3v) is 3.86. The molecular formula is C13H17BrN2O. The molecule has 17 heavy (non-hydrogen) atoms. The largest absolute Gasteiger partial charge is 0.335 e. The van der Waals surface area contributed by atoms with E-state index in [0.717, 1.165) is 29.4 Å². The van der Waals surface area contributed by atoms with Crippen molar-refractivity contribution in [1.82, 2.24) is 4.90 Å². The van der Waals surface area contributed by atoms with Crippen LogP contribution in [-0.2, 0) is 4.79 Å². The lowest BCUT2D eigenvalue weighted by Gasteiger charge is -2.35. The highest BCUT2D eigenvalue weighted by Crippen LogP contribution is 2.25. The van der Waals surface area contributed by atoms with E-state index in [9.17, 15) is 4.79 Å². The highest BCUT2D eigenvalue weighted by molar-refractivity contribution is 9.10. The summed E-state index contributed by atoms with van der Waals surface area (Å²) in [5.41, 5.74) is 6.96. The normalized spacial score (nSPS) is 22.6. The molecule has 1 aliphatic rings. The molecule has 1 fully saturated rings. The summed E-state index contributed by atoms with van der Waals surface area (Å²) in [4.78, 5) is 13.9. The minimum absolute atomic E-state index is 0.0756. The number of carbonyl (C=O) groups is 1. The number of hydrogen-bond acceptors (Lipinski definition) is 2. The Hall–Kier alpha value is -0.870. The molecule has 4 heteroatoms. The fourth-order valence-electron chi connectivity index (χ4n) is 2.23. The summed E-state index contributed by atoms with van der Waals surface area (Å²) in [6.07, 6.45) is 1.80. The Morgan fingerprint density at radius 1 is 1.41 bits per heavy atom. The van der Waals surface area contributed by atoms with E-state index in [2.05, 4.69) is 22.9 Å². The predicted molar refractivity (Wildman–Crippen MR) is 71.5 cm³/mol. The molecule has 1 saturated heterocycles. The summed E-state index contributed by atoms with van der Waals surface area (Å²) in [5.74, 6) is 0.0756. The van der Waals surface area contributed by atoms with E-state index in [0.29, 0.717) is 0 Å². The molecule has 1 aromatic rings. The molecule has 0 bridgehead atoms. The molecule has 1 amide bonds. The molecular weight excluding hydrogens is 280 g/mol. The zero-order valence-electron chi connectivity index (χ0n) is 9.90. The van der Waals surface area contributed by atoms with Crippen LogP contribution < -0.4 is 5.73 Å². The van der Waals surface area contributed by atoms with E-state index in [-0.39, 0.29) is 18.0 Å². The molecule has 0 aliphatic carbocycles. The van der Waals surface area contributed by atoms with Crippen LogP contribution in [0.15, 0.2) is 28.7 Å². The summed E-state index contributed by atoms with van der Waals surface area (Å²) in [7, 11) is 0. The van der Waals surface area contributed by atoms with Gasteiger partial charge in [0.1, 0.15) is 0 Å². The van der Waals surface area contributed by atoms with Crippen LogP contribution in [-0.4, -0.2) is 23.4 Å². The van der Waals surface area contributed by atoms with Gasteiger partial charge in [-0.2, -0.15) is 0 Å². The van der Waals surface area contributed by atoms with Crippen LogP contribution in [0.2, 0.25) is 0 Å². The fourth-order valence-corrected chi connectivity index (χ4v) is 2.50. The van der Waals surface area contributed by atoms with E-state index in [4.69, 9.17) is 5.73 Å². The molecule has 2 unspecified atom stereocenters. The van der Waals surface area contributed by atoms with E-state index >= 15 is 0 Å². The van der Waals surface area contributed by atoms with Crippen molar-refractivity contribution >= 4 is 21.8 Å². The lowest BCUT2D eigenvalue weighted by molar-refractivity contribution is -0.137. The third-order valence-electron chi connectivity index (χ3n) is 3.33. The number of halogens is 1. The van der Waals surface area contributed by atoms with Crippen LogP contribution in [0.5, 0.6) is 0 Å². The molecule has 2 N–H and O–H groups in total. The quantitative estimate of drug-likeness (QED) is 0.911. The van der Waals surface area contributed by atoms with Gasteiger partial charge in [0.25, 0.3) is 0 Å². The van der Waals surface area contributed by atoms with Crippen LogP contribution >= 0.6 is 15.9 Å². The number of nitrogens with two attached hydrogens (primary N) is 1. The minimum Gasteiger partial charge on any atom is -0.335 e. The number of nitrogens with zero attached hydrogens (tertiary/aromatic N) is 1. The monoisotopic (exact) mass is 296 g/mol. The van der Waals surface area contributed by atoms with Gasteiger partial charge in [-0.25, -0.2) is 0 Å². The molecule has 0 aromatic heterocycles. The van der Waals surface area contributed by atoms with Crippen molar-refractivity contribution in [3.05, 3.63) is 34.3 Å². The number of piperidine rings is 1. The van der Waals surface area contributed by atoms with Crippen molar-refractivity contribution in [3.63, 3.8) is 0 Å². The number of hydrogen-bond donors (Lipinski definition) is 1. The summed E-state index contributed by atoms with van der Waals surface area (Å²) in [6.45, 7) is 2.86. The standard InChI is InChI=1S/C13H17BrN2O/c1-9(10-4-6-11(14)7-5-10)16-8-2-3-12(15)13(16)17/h4-7,9,12H,2-3,8,15H2,1H3. The summed E-state index contributed by atoms with van der Waals surface area (Å²) in [6, 6.07) is 7.87. The van der Waals surface area contributed by atoms with Crippen molar-refractivity contribution in [2.75, 3.05) is 6.54 Å². The zero-order chi connectivity index (χ0) is 12.4. The van der Waals surface area contributed by atoms with Crippen LogP contribution in [0.4, 0.5) is 0 Å². The van der Waals surface area contributed by atoms with Gasteiger partial charge in [-0.15, -0.1) is 0 Å². The molecule has 92 valence electrons. The van der Waals surface area contributed by atoms with Gasteiger partial charge in [0.2, 0.25) is 5.91 Å². The van der Waals surface area contributed by atoms with Crippen molar-refractivity contribution in [3.8, 4) is 0 Å². The third kappa shape index (κ3) is 2.69. The first-order valence-corrected chi connectivity index (χ1v) is 6.70. The predicted octanol–water partition coefficient (Wildman–Crippen LogP) is 2.46. The molecule has 1 aliphatic heterocycles. The highest BCUT2D eigenvalue weighted by atomic mass is 79.9. The van der Waals surface area contributed by atoms with Crippen molar-refractivity contribution in [2.24, 2.45) is 5.73 Å². The maximum Gasteiger partial charge on any atom is 0.239 e. The molecule has 3 nitrogen and oxygen atoms in total. The minimum atomic E-state index is -0.318. The number of amides is 1. The Labute approximate surface area is 110 Å². The molecule has 0 spiro atoms. The Bertz CT molecular complexity index is 404. The molecule has 0 radical (unpaired) electrons. The van der Waals surface area contributed by atoms with Crippen LogP contribution in [0.1, 0.15) is 31.4 Å². The Morgan fingerprint density at radius 2 is 2.06 bits per heavy atom. The Balaban J connectivity index is 2.16. The average molecular weight is 297 g/mol. The number of benzene rings is 1. The van der Waals surface area contributed by atoms with Gasteiger partial charge in [0.05, 0.1) is 12.1 Å². The fraction of sp³-hybridized carbons (Fsp3) is 0.462. The van der Waals surface area contributed by atoms with Crippen LogP contribution in [0.3, 0.4) is 0 Å². The van der Waals surface area contributed by atoms with Gasteiger partial charge in [0.15, 0.2) is 0 Å². The second-order valence-corrected chi connectivity index (χ2v) is 5.42. The topological polar surface area (TPSA) is 46.3 Å². The molecule has 2 atom stereocenters. The van der Waals surface area contributed by atoms with Gasteiger partial charge >= 0.3 is 0 Å². The summed E-state index contributed by atoms with van der Waals surface area (Å²) >= 11 is 3.41.